The molecular formula is C13H17NO5S. The molecule has 0 aliphatic carbocycles. The van der Waals surface area contributed by atoms with Crippen molar-refractivity contribution >= 4 is 16.0 Å². The van der Waals surface area contributed by atoms with Gasteiger partial charge in [-0.1, -0.05) is 6.07 Å². The van der Waals surface area contributed by atoms with E-state index in [1.165, 1.54) is 28.6 Å². The number of carboxylic acid groups (broad SMARTS) is 1. The number of nitrogens with zero attached hydrogens (tertiary/aromatic N) is 1. The van der Waals surface area contributed by atoms with Gasteiger partial charge < -0.3 is 9.84 Å². The highest BCUT2D eigenvalue weighted by molar-refractivity contribution is 7.89. The lowest BCUT2D eigenvalue weighted by Gasteiger charge is -2.35. The van der Waals surface area contributed by atoms with E-state index in [9.17, 15) is 13.2 Å². The highest BCUT2D eigenvalue weighted by Gasteiger charge is 2.34. The second kappa shape index (κ2) is 5.51. The third-order valence-electron chi connectivity index (χ3n) is 3.24. The van der Waals surface area contributed by atoms with E-state index in [0.717, 1.165) is 0 Å². The molecule has 1 aliphatic rings. The van der Waals surface area contributed by atoms with Gasteiger partial charge in [0.2, 0.25) is 10.0 Å². The second-order valence-corrected chi connectivity index (χ2v) is 6.79. The molecular weight excluding hydrogens is 282 g/mol. The summed E-state index contributed by atoms with van der Waals surface area (Å²) in [7, 11) is -3.71. The number of carbonyl (C=O) groups is 1. The standard InChI is InChI=1S/C13H17NO5S/c1-9-8-19-10(2)7-14(9)20(17,18)12-5-3-4-11(6-12)13(15)16/h3-6,9-10H,7-8H2,1-2H3,(H,15,16)/t9-,10+/m0/s1. The number of benzene rings is 1. The van der Waals surface area contributed by atoms with Crippen LogP contribution >= 0.6 is 0 Å². The van der Waals surface area contributed by atoms with Crippen LogP contribution in [0, 0.1) is 0 Å². The molecule has 0 aromatic heterocycles. The van der Waals surface area contributed by atoms with Crippen molar-refractivity contribution in [3.8, 4) is 0 Å². The molecule has 1 aromatic carbocycles. The Morgan fingerprint density at radius 3 is 2.75 bits per heavy atom. The number of rotatable bonds is 3. The summed E-state index contributed by atoms with van der Waals surface area (Å²) >= 11 is 0. The van der Waals surface area contributed by atoms with Crippen molar-refractivity contribution in [2.75, 3.05) is 13.2 Å². The fourth-order valence-electron chi connectivity index (χ4n) is 2.13. The van der Waals surface area contributed by atoms with Crippen molar-refractivity contribution in [2.45, 2.75) is 30.9 Å². The number of hydrogen-bond donors (Lipinski definition) is 1. The quantitative estimate of drug-likeness (QED) is 0.906. The Bertz CT molecular complexity index is 613. The van der Waals surface area contributed by atoms with Crippen LogP contribution in [0.3, 0.4) is 0 Å². The topological polar surface area (TPSA) is 83.9 Å². The molecule has 6 nitrogen and oxygen atoms in total. The zero-order valence-electron chi connectivity index (χ0n) is 11.3. The third kappa shape index (κ3) is 2.84. The number of aromatic carboxylic acids is 1. The van der Waals surface area contributed by atoms with E-state index in [1.807, 2.05) is 6.92 Å². The van der Waals surface area contributed by atoms with Crippen LogP contribution in [-0.2, 0) is 14.8 Å². The van der Waals surface area contributed by atoms with E-state index in [2.05, 4.69) is 0 Å². The van der Waals surface area contributed by atoms with Crippen LogP contribution in [0.2, 0.25) is 0 Å². The van der Waals surface area contributed by atoms with Crippen LogP contribution in [0.4, 0.5) is 0 Å². The maximum Gasteiger partial charge on any atom is 0.335 e. The first-order chi connectivity index (χ1) is 9.32. The smallest absolute Gasteiger partial charge is 0.335 e. The minimum Gasteiger partial charge on any atom is -0.478 e. The number of sulfonamides is 1. The molecule has 1 saturated heterocycles. The molecule has 0 saturated carbocycles. The largest absolute Gasteiger partial charge is 0.478 e. The molecule has 1 N–H and O–H groups in total. The van der Waals surface area contributed by atoms with Crippen LogP contribution in [0.5, 0.6) is 0 Å². The first kappa shape index (κ1) is 15.0. The van der Waals surface area contributed by atoms with E-state index in [-0.39, 0.29) is 29.1 Å². The van der Waals surface area contributed by atoms with Gasteiger partial charge in [0.25, 0.3) is 0 Å². The SMILES string of the molecule is C[C@@H]1CN(S(=O)(=O)c2cccc(C(=O)O)c2)[C@@H](C)CO1. The van der Waals surface area contributed by atoms with Gasteiger partial charge in [0.05, 0.1) is 23.2 Å². The summed E-state index contributed by atoms with van der Waals surface area (Å²) in [5, 5.41) is 8.95. The number of ether oxygens (including phenoxy) is 1. The number of hydrogen-bond acceptors (Lipinski definition) is 4. The summed E-state index contributed by atoms with van der Waals surface area (Å²) in [6.45, 7) is 4.17. The predicted octanol–water partition coefficient (Wildman–Crippen LogP) is 1.18. The van der Waals surface area contributed by atoms with E-state index < -0.39 is 16.0 Å². The normalized spacial score (nSPS) is 24.5. The summed E-state index contributed by atoms with van der Waals surface area (Å²) in [4.78, 5) is 10.9. The van der Waals surface area contributed by atoms with Crippen LogP contribution in [0.25, 0.3) is 0 Å². The van der Waals surface area contributed by atoms with Gasteiger partial charge in [0.1, 0.15) is 0 Å². The van der Waals surface area contributed by atoms with Crippen molar-refractivity contribution in [1.29, 1.82) is 0 Å². The Balaban J connectivity index is 2.39. The van der Waals surface area contributed by atoms with Gasteiger partial charge in [-0.15, -0.1) is 0 Å². The molecule has 0 amide bonds. The first-order valence-electron chi connectivity index (χ1n) is 6.29. The second-order valence-electron chi connectivity index (χ2n) is 4.90. The minimum absolute atomic E-state index is 0.00153. The molecule has 110 valence electrons. The third-order valence-corrected chi connectivity index (χ3v) is 5.21. The van der Waals surface area contributed by atoms with Gasteiger partial charge in [-0.05, 0) is 32.0 Å². The molecule has 2 rings (SSSR count). The molecule has 0 bridgehead atoms. The molecule has 2 atom stereocenters. The molecule has 1 aromatic rings. The lowest BCUT2D eigenvalue weighted by Crippen LogP contribution is -2.50. The Kier molecular flexibility index (Phi) is 4.12. The molecule has 0 radical (unpaired) electrons. The fourth-order valence-corrected chi connectivity index (χ4v) is 3.87. The lowest BCUT2D eigenvalue weighted by molar-refractivity contribution is -0.0170. The van der Waals surface area contributed by atoms with Gasteiger partial charge in [0, 0.05) is 12.6 Å². The van der Waals surface area contributed by atoms with E-state index in [0.29, 0.717) is 6.61 Å². The molecule has 0 unspecified atom stereocenters. The fraction of sp³-hybridized carbons (Fsp3) is 0.462. The monoisotopic (exact) mass is 299 g/mol. The van der Waals surface area contributed by atoms with Crippen LogP contribution in [0.1, 0.15) is 24.2 Å². The van der Waals surface area contributed by atoms with Gasteiger partial charge in [-0.25, -0.2) is 13.2 Å². The zero-order chi connectivity index (χ0) is 14.9. The van der Waals surface area contributed by atoms with Crippen molar-refractivity contribution in [2.24, 2.45) is 0 Å². The number of carboxylic acids is 1. The van der Waals surface area contributed by atoms with E-state index in [1.54, 1.807) is 6.92 Å². The molecule has 7 heteroatoms. The maximum absolute atomic E-state index is 12.6. The van der Waals surface area contributed by atoms with Crippen LogP contribution in [0.15, 0.2) is 29.2 Å². The molecule has 1 heterocycles. The molecule has 1 fully saturated rings. The maximum atomic E-state index is 12.6. The van der Waals surface area contributed by atoms with Crippen LogP contribution < -0.4 is 0 Å². The molecule has 0 spiro atoms. The Morgan fingerprint density at radius 2 is 2.10 bits per heavy atom. The highest BCUT2D eigenvalue weighted by atomic mass is 32.2. The summed E-state index contributed by atoms with van der Waals surface area (Å²) in [6, 6.07) is 5.13. The minimum atomic E-state index is -3.71. The molecule has 1 aliphatic heterocycles. The van der Waals surface area contributed by atoms with Crippen molar-refractivity contribution in [3.63, 3.8) is 0 Å². The van der Waals surface area contributed by atoms with Gasteiger partial charge in [-0.3, -0.25) is 0 Å². The lowest BCUT2D eigenvalue weighted by atomic mass is 10.2. The van der Waals surface area contributed by atoms with Crippen LogP contribution in [-0.4, -0.2) is 49.1 Å². The first-order valence-corrected chi connectivity index (χ1v) is 7.73. The van der Waals surface area contributed by atoms with E-state index in [4.69, 9.17) is 9.84 Å². The Hall–Kier alpha value is -1.44. The van der Waals surface area contributed by atoms with Crippen molar-refractivity contribution in [1.82, 2.24) is 4.31 Å². The zero-order valence-corrected chi connectivity index (χ0v) is 12.1. The average Bonchev–Trinajstić information content (AvgIpc) is 2.41. The van der Waals surface area contributed by atoms with E-state index >= 15 is 0 Å². The van der Waals surface area contributed by atoms with Crippen molar-refractivity contribution in [3.05, 3.63) is 29.8 Å². The average molecular weight is 299 g/mol. The number of morpholine rings is 1. The summed E-state index contributed by atoms with van der Waals surface area (Å²) in [6.07, 6.45) is -0.177. The van der Waals surface area contributed by atoms with Gasteiger partial charge in [0.15, 0.2) is 0 Å². The predicted molar refractivity (Wildman–Crippen MR) is 72.2 cm³/mol. The summed E-state index contributed by atoms with van der Waals surface area (Å²) in [5.74, 6) is -1.15. The highest BCUT2D eigenvalue weighted by Crippen LogP contribution is 2.23. The Labute approximate surface area is 118 Å². The summed E-state index contributed by atoms with van der Waals surface area (Å²) < 4.78 is 32.0. The van der Waals surface area contributed by atoms with Gasteiger partial charge >= 0.3 is 5.97 Å². The Morgan fingerprint density at radius 1 is 1.40 bits per heavy atom. The molecule has 20 heavy (non-hydrogen) atoms. The van der Waals surface area contributed by atoms with Crippen molar-refractivity contribution < 1.29 is 23.1 Å². The summed E-state index contributed by atoms with van der Waals surface area (Å²) in [5.41, 5.74) is -0.0416. The van der Waals surface area contributed by atoms with Gasteiger partial charge in [-0.2, -0.15) is 4.31 Å².